The molecule has 0 aliphatic rings. The summed E-state index contributed by atoms with van der Waals surface area (Å²) in [4.78, 5) is 11.9. The fraction of sp³-hybridized carbons (Fsp3) is 0.400. The maximum atomic E-state index is 11.9. The van der Waals surface area contributed by atoms with Crippen LogP contribution in [0.3, 0.4) is 0 Å². The molecule has 6 nitrogen and oxygen atoms in total. The highest BCUT2D eigenvalue weighted by molar-refractivity contribution is 7.99. The molecule has 0 bridgehead atoms. The first-order valence-corrected chi connectivity index (χ1v) is 8.63. The van der Waals surface area contributed by atoms with Gasteiger partial charge in [-0.1, -0.05) is 49.7 Å². The molecule has 1 heterocycles. The molecular weight excluding hydrogens is 371 g/mol. The fourth-order valence-corrected chi connectivity index (χ4v) is 2.56. The van der Waals surface area contributed by atoms with Crippen molar-refractivity contribution in [2.24, 2.45) is 11.7 Å². The number of hydrogen-bond acceptors (Lipinski definition) is 6. The van der Waals surface area contributed by atoms with Gasteiger partial charge >= 0.3 is 0 Å². The Morgan fingerprint density at radius 3 is 2.88 bits per heavy atom. The van der Waals surface area contributed by atoms with Gasteiger partial charge in [0, 0.05) is 10.7 Å². The third-order valence-electron chi connectivity index (χ3n) is 3.40. The van der Waals surface area contributed by atoms with Gasteiger partial charge in [-0.3, -0.25) is 4.79 Å². The van der Waals surface area contributed by atoms with Crippen LogP contribution in [0.4, 0.5) is 5.69 Å². The van der Waals surface area contributed by atoms with Crippen LogP contribution in [-0.4, -0.2) is 21.9 Å². The van der Waals surface area contributed by atoms with Crippen LogP contribution in [0.15, 0.2) is 33.9 Å². The Labute approximate surface area is 156 Å². The highest BCUT2D eigenvalue weighted by Crippen LogP contribution is 2.24. The Kier molecular flexibility index (Phi) is 8.55. The molecule has 0 aliphatic heterocycles. The second-order valence-electron chi connectivity index (χ2n) is 5.16. The zero-order chi connectivity index (χ0) is 16.8. The summed E-state index contributed by atoms with van der Waals surface area (Å²) in [5.41, 5.74) is 6.68. The van der Waals surface area contributed by atoms with Crippen molar-refractivity contribution >= 4 is 47.4 Å². The number of halogens is 2. The van der Waals surface area contributed by atoms with Gasteiger partial charge in [0.15, 0.2) is 0 Å². The maximum Gasteiger partial charge on any atom is 0.277 e. The molecule has 9 heteroatoms. The van der Waals surface area contributed by atoms with Crippen molar-refractivity contribution in [2.45, 2.75) is 31.5 Å². The van der Waals surface area contributed by atoms with Gasteiger partial charge in [-0.15, -0.1) is 22.6 Å². The van der Waals surface area contributed by atoms with Gasteiger partial charge in [0.05, 0.1) is 11.8 Å². The molecule has 2 unspecified atom stereocenters. The third-order valence-corrected chi connectivity index (χ3v) is 4.45. The van der Waals surface area contributed by atoms with Crippen LogP contribution >= 0.6 is 35.8 Å². The highest BCUT2D eigenvalue weighted by Gasteiger charge is 2.20. The number of rotatable bonds is 7. The number of nitrogens with two attached hydrogens (primary N) is 1. The average Bonchev–Trinajstić information content (AvgIpc) is 3.00. The quantitative estimate of drug-likeness (QED) is 0.695. The van der Waals surface area contributed by atoms with Gasteiger partial charge in [0.25, 0.3) is 5.22 Å². The van der Waals surface area contributed by atoms with Crippen molar-refractivity contribution in [2.75, 3.05) is 11.1 Å². The Hall–Kier alpha value is -1.28. The van der Waals surface area contributed by atoms with E-state index in [1.54, 1.807) is 24.3 Å². The molecule has 2 atom stereocenters. The van der Waals surface area contributed by atoms with Crippen LogP contribution in [0.2, 0.25) is 5.02 Å². The van der Waals surface area contributed by atoms with Crippen molar-refractivity contribution in [3.63, 3.8) is 0 Å². The number of carbonyl (C=O) groups is 1. The van der Waals surface area contributed by atoms with E-state index in [1.165, 1.54) is 11.8 Å². The SMILES string of the molecule is CCC(C)C(N)c1nnc(SCC(=O)Nc2cccc(Cl)c2)o1.Cl. The van der Waals surface area contributed by atoms with E-state index >= 15 is 0 Å². The number of thioether (sulfide) groups is 1. The van der Waals surface area contributed by atoms with Gasteiger partial charge < -0.3 is 15.5 Å². The van der Waals surface area contributed by atoms with Crippen LogP contribution in [0, 0.1) is 5.92 Å². The number of nitrogens with zero attached hydrogens (tertiary/aromatic N) is 2. The van der Waals surface area contributed by atoms with Crippen molar-refractivity contribution in [3.05, 3.63) is 35.2 Å². The molecular formula is C15H20Cl2N4O2S. The molecule has 1 aromatic carbocycles. The van der Waals surface area contributed by atoms with Crippen LogP contribution in [-0.2, 0) is 4.79 Å². The van der Waals surface area contributed by atoms with Crippen LogP contribution < -0.4 is 11.1 Å². The van der Waals surface area contributed by atoms with Crippen LogP contribution in [0.1, 0.15) is 32.2 Å². The summed E-state index contributed by atoms with van der Waals surface area (Å²) in [7, 11) is 0. The zero-order valence-electron chi connectivity index (χ0n) is 13.4. The van der Waals surface area contributed by atoms with E-state index in [0.717, 1.165) is 6.42 Å². The number of amides is 1. The first kappa shape index (κ1) is 20.8. The Morgan fingerprint density at radius 2 is 2.21 bits per heavy atom. The summed E-state index contributed by atoms with van der Waals surface area (Å²) in [5.74, 6) is 0.631. The fourth-order valence-electron chi connectivity index (χ4n) is 1.80. The summed E-state index contributed by atoms with van der Waals surface area (Å²) in [6, 6.07) is 6.67. The van der Waals surface area contributed by atoms with E-state index in [0.29, 0.717) is 21.8 Å². The van der Waals surface area contributed by atoms with Crippen LogP contribution in [0.5, 0.6) is 0 Å². The molecule has 0 aliphatic carbocycles. The highest BCUT2D eigenvalue weighted by atomic mass is 35.5. The van der Waals surface area contributed by atoms with Crippen molar-refractivity contribution < 1.29 is 9.21 Å². The van der Waals surface area contributed by atoms with Gasteiger partial charge in [0.1, 0.15) is 0 Å². The molecule has 0 saturated carbocycles. The number of anilines is 1. The number of benzene rings is 1. The third kappa shape index (κ3) is 5.98. The molecule has 132 valence electrons. The monoisotopic (exact) mass is 390 g/mol. The van der Waals surface area contributed by atoms with Crippen molar-refractivity contribution in [1.82, 2.24) is 10.2 Å². The lowest BCUT2D eigenvalue weighted by Gasteiger charge is -2.13. The van der Waals surface area contributed by atoms with Crippen molar-refractivity contribution in [1.29, 1.82) is 0 Å². The Bertz CT molecular complexity index is 668. The lowest BCUT2D eigenvalue weighted by molar-refractivity contribution is -0.113. The van der Waals surface area contributed by atoms with E-state index in [4.69, 9.17) is 21.8 Å². The molecule has 1 aromatic heterocycles. The number of nitrogens with one attached hydrogen (secondary N) is 1. The number of carbonyl (C=O) groups excluding carboxylic acids is 1. The summed E-state index contributed by atoms with van der Waals surface area (Å²) in [5, 5.41) is 11.5. The lowest BCUT2D eigenvalue weighted by Crippen LogP contribution is -2.18. The van der Waals surface area contributed by atoms with Gasteiger partial charge in [-0.2, -0.15) is 0 Å². The summed E-state index contributed by atoms with van der Waals surface area (Å²) < 4.78 is 5.50. The molecule has 0 fully saturated rings. The summed E-state index contributed by atoms with van der Waals surface area (Å²) in [6.45, 7) is 4.08. The first-order valence-electron chi connectivity index (χ1n) is 7.26. The Balaban J connectivity index is 0.00000288. The summed E-state index contributed by atoms with van der Waals surface area (Å²) >= 11 is 7.04. The van der Waals surface area contributed by atoms with E-state index in [9.17, 15) is 4.79 Å². The van der Waals surface area contributed by atoms with Gasteiger partial charge in [0.2, 0.25) is 11.8 Å². The minimum Gasteiger partial charge on any atom is -0.414 e. The largest absolute Gasteiger partial charge is 0.414 e. The second-order valence-corrected chi connectivity index (χ2v) is 6.53. The molecule has 3 N–H and O–H groups in total. The smallest absolute Gasteiger partial charge is 0.277 e. The number of hydrogen-bond donors (Lipinski definition) is 2. The molecule has 0 spiro atoms. The predicted molar refractivity (Wildman–Crippen MR) is 98.7 cm³/mol. The first-order chi connectivity index (χ1) is 11.0. The van der Waals surface area contributed by atoms with E-state index in [-0.39, 0.29) is 36.0 Å². The molecule has 2 rings (SSSR count). The molecule has 0 saturated heterocycles. The minimum absolute atomic E-state index is 0. The van der Waals surface area contributed by atoms with Crippen molar-refractivity contribution in [3.8, 4) is 0 Å². The summed E-state index contributed by atoms with van der Waals surface area (Å²) in [6.07, 6.45) is 0.925. The topological polar surface area (TPSA) is 94.0 Å². The molecule has 1 amide bonds. The van der Waals surface area contributed by atoms with Crippen LogP contribution in [0.25, 0.3) is 0 Å². The molecule has 2 aromatic rings. The van der Waals surface area contributed by atoms with Gasteiger partial charge in [-0.05, 0) is 24.1 Å². The normalized spacial score (nSPS) is 13.0. The predicted octanol–water partition coefficient (Wildman–Crippen LogP) is 3.92. The number of aromatic nitrogens is 2. The molecule has 24 heavy (non-hydrogen) atoms. The van der Waals surface area contributed by atoms with E-state index in [2.05, 4.69) is 22.4 Å². The van der Waals surface area contributed by atoms with Gasteiger partial charge in [-0.25, -0.2) is 0 Å². The molecule has 0 radical (unpaired) electrons. The standard InChI is InChI=1S/C15H19ClN4O2S.ClH/c1-3-9(2)13(17)14-19-20-15(22-14)23-8-12(21)18-11-6-4-5-10(16)7-11;/h4-7,9,13H,3,8,17H2,1-2H3,(H,18,21);1H. The minimum atomic E-state index is -0.290. The van der Waals surface area contributed by atoms with E-state index < -0.39 is 0 Å². The van der Waals surface area contributed by atoms with E-state index in [1.807, 2.05) is 6.92 Å². The zero-order valence-corrected chi connectivity index (χ0v) is 15.7. The maximum absolute atomic E-state index is 11.9. The Morgan fingerprint density at radius 1 is 1.46 bits per heavy atom. The lowest BCUT2D eigenvalue weighted by atomic mass is 10.0. The average molecular weight is 391 g/mol. The second kappa shape index (κ2) is 9.88.